The van der Waals surface area contributed by atoms with E-state index in [2.05, 4.69) is 10.6 Å². The Labute approximate surface area is 124 Å². The Bertz CT molecular complexity index is 450. The van der Waals surface area contributed by atoms with Crippen molar-refractivity contribution in [2.45, 2.75) is 32.4 Å². The molecule has 112 valence electrons. The van der Waals surface area contributed by atoms with Gasteiger partial charge in [0.05, 0.1) is 12.1 Å². The summed E-state index contributed by atoms with van der Waals surface area (Å²) in [6.07, 6.45) is 0.597. The third kappa shape index (κ3) is 5.46. The Morgan fingerprint density at radius 1 is 1.25 bits per heavy atom. The van der Waals surface area contributed by atoms with Crippen LogP contribution < -0.4 is 22.1 Å². The SMILES string of the molecule is CC[C@H](N)C(=O)NC(C)c1ccc(NC(N)=O)cc1.Cl. The van der Waals surface area contributed by atoms with E-state index < -0.39 is 12.1 Å². The third-order valence-corrected chi connectivity index (χ3v) is 2.81. The van der Waals surface area contributed by atoms with E-state index in [4.69, 9.17) is 11.5 Å². The van der Waals surface area contributed by atoms with Crippen molar-refractivity contribution in [3.63, 3.8) is 0 Å². The normalized spacial score (nSPS) is 12.8. The zero-order valence-corrected chi connectivity index (χ0v) is 12.4. The molecule has 0 saturated carbocycles. The highest BCUT2D eigenvalue weighted by Gasteiger charge is 2.14. The first kappa shape index (κ1) is 18.2. The molecule has 0 aliphatic rings. The molecule has 0 fully saturated rings. The number of amides is 3. The van der Waals surface area contributed by atoms with Crippen molar-refractivity contribution in [3.8, 4) is 0 Å². The highest BCUT2D eigenvalue weighted by atomic mass is 35.5. The number of hydrogen-bond donors (Lipinski definition) is 4. The molecule has 6 N–H and O–H groups in total. The summed E-state index contributed by atoms with van der Waals surface area (Å²) in [5, 5.41) is 5.30. The van der Waals surface area contributed by atoms with Gasteiger partial charge in [-0.25, -0.2) is 4.79 Å². The molecule has 1 unspecified atom stereocenters. The van der Waals surface area contributed by atoms with E-state index in [9.17, 15) is 9.59 Å². The maximum atomic E-state index is 11.7. The summed E-state index contributed by atoms with van der Waals surface area (Å²) < 4.78 is 0. The quantitative estimate of drug-likeness (QED) is 0.661. The molecule has 0 aromatic heterocycles. The minimum Gasteiger partial charge on any atom is -0.351 e. The molecule has 3 amide bonds. The van der Waals surface area contributed by atoms with Crippen molar-refractivity contribution >= 4 is 30.0 Å². The van der Waals surface area contributed by atoms with Gasteiger partial charge in [-0.1, -0.05) is 19.1 Å². The third-order valence-electron chi connectivity index (χ3n) is 2.81. The monoisotopic (exact) mass is 300 g/mol. The van der Waals surface area contributed by atoms with Gasteiger partial charge in [-0.15, -0.1) is 12.4 Å². The number of hydrogen-bond acceptors (Lipinski definition) is 3. The van der Waals surface area contributed by atoms with E-state index in [1.54, 1.807) is 12.1 Å². The molecule has 0 heterocycles. The number of primary amides is 1. The lowest BCUT2D eigenvalue weighted by Gasteiger charge is -2.17. The van der Waals surface area contributed by atoms with Crippen LogP contribution >= 0.6 is 12.4 Å². The summed E-state index contributed by atoms with van der Waals surface area (Å²) in [7, 11) is 0. The molecule has 0 aliphatic heterocycles. The summed E-state index contributed by atoms with van der Waals surface area (Å²) in [6.45, 7) is 3.73. The Morgan fingerprint density at radius 2 is 1.80 bits per heavy atom. The first-order chi connectivity index (χ1) is 8.93. The van der Waals surface area contributed by atoms with Crippen LogP contribution in [0.5, 0.6) is 0 Å². The summed E-state index contributed by atoms with van der Waals surface area (Å²) in [6, 6.07) is 5.83. The lowest BCUT2D eigenvalue weighted by Crippen LogP contribution is -2.41. The second-order valence-corrected chi connectivity index (χ2v) is 4.36. The fraction of sp³-hybridized carbons (Fsp3) is 0.385. The van der Waals surface area contributed by atoms with Crippen molar-refractivity contribution < 1.29 is 9.59 Å². The van der Waals surface area contributed by atoms with E-state index >= 15 is 0 Å². The molecule has 0 spiro atoms. The van der Waals surface area contributed by atoms with Crippen LogP contribution in [0.3, 0.4) is 0 Å². The van der Waals surface area contributed by atoms with Crippen LogP contribution in [0.2, 0.25) is 0 Å². The van der Waals surface area contributed by atoms with E-state index in [-0.39, 0.29) is 24.4 Å². The van der Waals surface area contributed by atoms with Gasteiger partial charge in [0.15, 0.2) is 0 Å². The number of urea groups is 1. The molecule has 0 radical (unpaired) electrons. The van der Waals surface area contributed by atoms with Crippen molar-refractivity contribution in [2.24, 2.45) is 11.5 Å². The maximum Gasteiger partial charge on any atom is 0.316 e. The zero-order chi connectivity index (χ0) is 14.4. The molecule has 1 aromatic rings. The van der Waals surface area contributed by atoms with Crippen molar-refractivity contribution in [2.75, 3.05) is 5.32 Å². The van der Waals surface area contributed by atoms with Crippen LogP contribution in [0.1, 0.15) is 31.9 Å². The molecule has 6 nitrogen and oxygen atoms in total. The average Bonchev–Trinajstić information content (AvgIpc) is 2.37. The number of rotatable bonds is 5. The maximum absolute atomic E-state index is 11.7. The zero-order valence-electron chi connectivity index (χ0n) is 11.6. The van der Waals surface area contributed by atoms with E-state index in [1.165, 1.54) is 0 Å². The van der Waals surface area contributed by atoms with Gasteiger partial charge in [-0.2, -0.15) is 0 Å². The van der Waals surface area contributed by atoms with Gasteiger partial charge in [0.2, 0.25) is 5.91 Å². The van der Waals surface area contributed by atoms with Gasteiger partial charge in [-0.05, 0) is 31.0 Å². The predicted molar refractivity (Wildman–Crippen MR) is 81.7 cm³/mol. The second-order valence-electron chi connectivity index (χ2n) is 4.36. The fourth-order valence-corrected chi connectivity index (χ4v) is 1.59. The number of halogens is 1. The average molecular weight is 301 g/mol. The highest BCUT2D eigenvalue weighted by Crippen LogP contribution is 2.16. The van der Waals surface area contributed by atoms with Gasteiger partial charge >= 0.3 is 6.03 Å². The lowest BCUT2D eigenvalue weighted by molar-refractivity contribution is -0.123. The van der Waals surface area contributed by atoms with E-state index in [0.717, 1.165) is 5.56 Å². The smallest absolute Gasteiger partial charge is 0.316 e. The van der Waals surface area contributed by atoms with Crippen LogP contribution in [0.25, 0.3) is 0 Å². The van der Waals surface area contributed by atoms with Crippen molar-refractivity contribution in [1.29, 1.82) is 0 Å². The minimum absolute atomic E-state index is 0. The summed E-state index contributed by atoms with van der Waals surface area (Å²) in [5.74, 6) is -0.172. The largest absolute Gasteiger partial charge is 0.351 e. The van der Waals surface area contributed by atoms with Crippen LogP contribution in [0.4, 0.5) is 10.5 Å². The molecule has 2 atom stereocenters. The Kier molecular flexibility index (Phi) is 7.64. The second kappa shape index (κ2) is 8.39. The van der Waals surface area contributed by atoms with Gasteiger partial charge < -0.3 is 22.1 Å². The highest BCUT2D eigenvalue weighted by molar-refractivity contribution is 5.87. The topological polar surface area (TPSA) is 110 Å². The Hall–Kier alpha value is -1.79. The van der Waals surface area contributed by atoms with Crippen LogP contribution in [0.15, 0.2) is 24.3 Å². The number of nitrogens with two attached hydrogens (primary N) is 2. The number of carbonyl (C=O) groups excluding carboxylic acids is 2. The number of carbonyl (C=O) groups is 2. The Morgan fingerprint density at radius 3 is 2.25 bits per heavy atom. The van der Waals surface area contributed by atoms with Crippen LogP contribution in [-0.4, -0.2) is 18.0 Å². The fourth-order valence-electron chi connectivity index (χ4n) is 1.59. The number of benzene rings is 1. The molecule has 0 aliphatic carbocycles. The van der Waals surface area contributed by atoms with Gasteiger partial charge in [0.1, 0.15) is 0 Å². The molecule has 7 heteroatoms. The molecular formula is C13H21ClN4O2. The molecule has 20 heavy (non-hydrogen) atoms. The molecular weight excluding hydrogens is 280 g/mol. The first-order valence-corrected chi connectivity index (χ1v) is 6.16. The van der Waals surface area contributed by atoms with E-state index in [1.807, 2.05) is 26.0 Å². The lowest BCUT2D eigenvalue weighted by atomic mass is 10.1. The number of nitrogens with one attached hydrogen (secondary N) is 2. The molecule has 0 saturated heterocycles. The molecule has 1 rings (SSSR count). The van der Waals surface area contributed by atoms with Gasteiger partial charge in [0, 0.05) is 5.69 Å². The predicted octanol–water partition coefficient (Wildman–Crippen LogP) is 1.51. The van der Waals surface area contributed by atoms with Gasteiger partial charge in [-0.3, -0.25) is 4.79 Å². The van der Waals surface area contributed by atoms with E-state index in [0.29, 0.717) is 12.1 Å². The number of anilines is 1. The summed E-state index contributed by atoms with van der Waals surface area (Å²) in [4.78, 5) is 22.3. The molecule has 0 bridgehead atoms. The standard InChI is InChI=1S/C13H20N4O2.ClH/c1-3-11(14)12(18)16-8(2)9-4-6-10(7-5-9)17-13(15)19;/h4-8,11H,3,14H2,1-2H3,(H,16,18)(H3,15,17,19);1H/t8?,11-;/m0./s1. The van der Waals surface area contributed by atoms with Gasteiger partial charge in [0.25, 0.3) is 0 Å². The van der Waals surface area contributed by atoms with Crippen LogP contribution in [-0.2, 0) is 4.79 Å². The molecule has 1 aromatic carbocycles. The van der Waals surface area contributed by atoms with Crippen LogP contribution in [0, 0.1) is 0 Å². The summed E-state index contributed by atoms with van der Waals surface area (Å²) >= 11 is 0. The first-order valence-electron chi connectivity index (χ1n) is 6.16. The van der Waals surface area contributed by atoms with Crippen molar-refractivity contribution in [3.05, 3.63) is 29.8 Å². The Balaban J connectivity index is 0.00000361. The van der Waals surface area contributed by atoms with Crippen molar-refractivity contribution in [1.82, 2.24) is 5.32 Å². The minimum atomic E-state index is -0.608. The summed E-state index contributed by atoms with van der Waals surface area (Å²) in [5.41, 5.74) is 12.2.